The van der Waals surface area contributed by atoms with E-state index in [2.05, 4.69) is 5.32 Å². The first-order valence-electron chi connectivity index (χ1n) is 7.34. The van der Waals surface area contributed by atoms with Crippen molar-refractivity contribution in [2.45, 2.75) is 18.9 Å². The van der Waals surface area contributed by atoms with Crippen molar-refractivity contribution in [2.24, 2.45) is 5.92 Å². The Hall–Kier alpha value is -2.36. The summed E-state index contributed by atoms with van der Waals surface area (Å²) in [5.41, 5.74) is 1.66. The second-order valence-electron chi connectivity index (χ2n) is 5.54. The zero-order chi connectivity index (χ0) is 15.5. The van der Waals surface area contributed by atoms with Gasteiger partial charge in [0.25, 0.3) is 0 Å². The van der Waals surface area contributed by atoms with E-state index in [-0.39, 0.29) is 23.6 Å². The largest absolute Gasteiger partial charge is 0.497 e. The third kappa shape index (κ3) is 3.11. The van der Waals surface area contributed by atoms with Gasteiger partial charge >= 0.3 is 0 Å². The highest BCUT2D eigenvalue weighted by molar-refractivity contribution is 5.82. The van der Waals surface area contributed by atoms with Gasteiger partial charge in [0.05, 0.1) is 7.11 Å². The standard InChI is InChI=1S/C18H18FNO2/c1-22-13-8-6-12(7-9-13)11-20-18(21)16-10-15(16)14-4-2-3-5-17(14)19/h2-9,15-16H,10-11H2,1H3,(H,20,21). The van der Waals surface area contributed by atoms with Crippen LogP contribution in [0, 0.1) is 11.7 Å². The van der Waals surface area contributed by atoms with Crippen LogP contribution in [-0.2, 0) is 11.3 Å². The Morgan fingerprint density at radius 2 is 1.95 bits per heavy atom. The maximum Gasteiger partial charge on any atom is 0.224 e. The number of ether oxygens (including phenoxy) is 1. The first-order valence-corrected chi connectivity index (χ1v) is 7.34. The van der Waals surface area contributed by atoms with Crippen molar-refractivity contribution < 1.29 is 13.9 Å². The molecule has 0 heterocycles. The van der Waals surface area contributed by atoms with E-state index in [9.17, 15) is 9.18 Å². The average Bonchev–Trinajstić information content (AvgIpc) is 3.34. The predicted molar refractivity (Wildman–Crippen MR) is 82.1 cm³/mol. The number of benzene rings is 2. The first-order chi connectivity index (χ1) is 10.7. The minimum absolute atomic E-state index is 0.0101. The van der Waals surface area contributed by atoms with E-state index in [1.165, 1.54) is 6.07 Å². The molecule has 114 valence electrons. The molecular formula is C18H18FNO2. The maximum absolute atomic E-state index is 13.7. The lowest BCUT2D eigenvalue weighted by molar-refractivity contribution is -0.122. The van der Waals surface area contributed by atoms with Gasteiger partial charge in [-0.05, 0) is 41.7 Å². The molecule has 3 rings (SSSR count). The van der Waals surface area contributed by atoms with Gasteiger partial charge in [-0.15, -0.1) is 0 Å². The Morgan fingerprint density at radius 3 is 2.64 bits per heavy atom. The van der Waals surface area contributed by atoms with E-state index in [1.807, 2.05) is 30.3 Å². The van der Waals surface area contributed by atoms with Crippen LogP contribution in [0.3, 0.4) is 0 Å². The van der Waals surface area contributed by atoms with E-state index < -0.39 is 0 Å². The zero-order valence-electron chi connectivity index (χ0n) is 12.4. The van der Waals surface area contributed by atoms with Gasteiger partial charge in [-0.2, -0.15) is 0 Å². The number of amides is 1. The average molecular weight is 299 g/mol. The quantitative estimate of drug-likeness (QED) is 0.920. The molecule has 2 unspecified atom stereocenters. The van der Waals surface area contributed by atoms with E-state index in [1.54, 1.807) is 19.2 Å². The van der Waals surface area contributed by atoms with E-state index in [4.69, 9.17) is 4.74 Å². The van der Waals surface area contributed by atoms with Crippen LogP contribution in [0.25, 0.3) is 0 Å². The number of methoxy groups -OCH3 is 1. The van der Waals surface area contributed by atoms with Crippen LogP contribution in [0.4, 0.5) is 4.39 Å². The molecule has 0 saturated heterocycles. The van der Waals surface area contributed by atoms with E-state index in [0.717, 1.165) is 17.7 Å². The summed E-state index contributed by atoms with van der Waals surface area (Å²) < 4.78 is 18.8. The predicted octanol–water partition coefficient (Wildman–Crippen LogP) is 3.25. The molecule has 0 aromatic heterocycles. The lowest BCUT2D eigenvalue weighted by Crippen LogP contribution is -2.24. The van der Waals surface area contributed by atoms with Crippen molar-refractivity contribution in [3.05, 3.63) is 65.5 Å². The number of halogens is 1. The van der Waals surface area contributed by atoms with Crippen LogP contribution in [0.1, 0.15) is 23.5 Å². The highest BCUT2D eigenvalue weighted by Crippen LogP contribution is 2.48. The van der Waals surface area contributed by atoms with Crippen molar-refractivity contribution in [1.29, 1.82) is 0 Å². The van der Waals surface area contributed by atoms with Crippen LogP contribution >= 0.6 is 0 Å². The number of hydrogen-bond acceptors (Lipinski definition) is 2. The summed E-state index contributed by atoms with van der Waals surface area (Å²) in [5, 5.41) is 2.92. The smallest absolute Gasteiger partial charge is 0.224 e. The fraction of sp³-hybridized carbons (Fsp3) is 0.278. The molecule has 0 spiro atoms. The summed E-state index contributed by atoms with van der Waals surface area (Å²) in [6.07, 6.45) is 0.718. The van der Waals surface area contributed by atoms with Crippen molar-refractivity contribution in [1.82, 2.24) is 5.32 Å². The second kappa shape index (κ2) is 6.18. The molecule has 2 atom stereocenters. The Kier molecular flexibility index (Phi) is 4.09. The van der Waals surface area contributed by atoms with Gasteiger partial charge in [0, 0.05) is 12.5 Å². The highest BCUT2D eigenvalue weighted by Gasteiger charge is 2.44. The summed E-state index contributed by atoms with van der Waals surface area (Å²) >= 11 is 0. The maximum atomic E-state index is 13.7. The molecule has 3 nitrogen and oxygen atoms in total. The fourth-order valence-electron chi connectivity index (χ4n) is 2.67. The van der Waals surface area contributed by atoms with Gasteiger partial charge in [-0.25, -0.2) is 4.39 Å². The summed E-state index contributed by atoms with van der Waals surface area (Å²) in [4.78, 5) is 12.1. The first kappa shape index (κ1) is 14.6. The molecule has 1 saturated carbocycles. The molecule has 1 aliphatic carbocycles. The van der Waals surface area contributed by atoms with E-state index >= 15 is 0 Å². The number of hydrogen-bond donors (Lipinski definition) is 1. The summed E-state index contributed by atoms with van der Waals surface area (Å²) in [5.74, 6) is 0.450. The van der Waals surface area contributed by atoms with Gasteiger partial charge in [0.2, 0.25) is 5.91 Å². The number of nitrogens with one attached hydrogen (secondary N) is 1. The van der Waals surface area contributed by atoms with Gasteiger partial charge in [0.1, 0.15) is 11.6 Å². The molecule has 1 aliphatic rings. The summed E-state index contributed by atoms with van der Waals surface area (Å²) in [7, 11) is 1.62. The summed E-state index contributed by atoms with van der Waals surface area (Å²) in [6, 6.07) is 14.2. The van der Waals surface area contributed by atoms with Crippen LogP contribution in [0.5, 0.6) is 5.75 Å². The molecule has 4 heteroatoms. The van der Waals surface area contributed by atoms with Crippen molar-refractivity contribution in [3.63, 3.8) is 0 Å². The monoisotopic (exact) mass is 299 g/mol. The lowest BCUT2D eigenvalue weighted by Gasteiger charge is -2.06. The molecule has 0 aliphatic heterocycles. The molecule has 2 aromatic carbocycles. The minimum atomic E-state index is -0.224. The molecule has 0 radical (unpaired) electrons. The molecule has 2 aromatic rings. The van der Waals surface area contributed by atoms with Gasteiger partial charge in [0.15, 0.2) is 0 Å². The van der Waals surface area contributed by atoms with Crippen LogP contribution < -0.4 is 10.1 Å². The molecule has 1 N–H and O–H groups in total. The molecule has 0 bridgehead atoms. The van der Waals surface area contributed by atoms with Crippen molar-refractivity contribution in [2.75, 3.05) is 7.11 Å². The fourth-order valence-corrected chi connectivity index (χ4v) is 2.67. The van der Waals surface area contributed by atoms with Gasteiger partial charge in [-0.3, -0.25) is 4.79 Å². The lowest BCUT2D eigenvalue weighted by atomic mass is 10.1. The Morgan fingerprint density at radius 1 is 1.23 bits per heavy atom. The molecule has 1 fully saturated rings. The van der Waals surface area contributed by atoms with Crippen LogP contribution in [-0.4, -0.2) is 13.0 Å². The zero-order valence-corrected chi connectivity index (χ0v) is 12.4. The highest BCUT2D eigenvalue weighted by atomic mass is 19.1. The molecule has 1 amide bonds. The van der Waals surface area contributed by atoms with Crippen molar-refractivity contribution >= 4 is 5.91 Å². The molecular weight excluding hydrogens is 281 g/mol. The van der Waals surface area contributed by atoms with Gasteiger partial charge in [-0.1, -0.05) is 30.3 Å². The van der Waals surface area contributed by atoms with E-state index in [0.29, 0.717) is 12.1 Å². The number of rotatable bonds is 5. The topological polar surface area (TPSA) is 38.3 Å². The third-order valence-corrected chi connectivity index (χ3v) is 4.06. The van der Waals surface area contributed by atoms with Crippen LogP contribution in [0.15, 0.2) is 48.5 Å². The third-order valence-electron chi connectivity index (χ3n) is 4.06. The summed E-state index contributed by atoms with van der Waals surface area (Å²) in [6.45, 7) is 0.476. The van der Waals surface area contributed by atoms with Crippen LogP contribution in [0.2, 0.25) is 0 Å². The number of carbonyl (C=O) groups is 1. The normalized spacial score (nSPS) is 19.5. The number of carbonyl (C=O) groups excluding carboxylic acids is 1. The minimum Gasteiger partial charge on any atom is -0.497 e. The molecule has 22 heavy (non-hydrogen) atoms. The Bertz CT molecular complexity index is 669. The van der Waals surface area contributed by atoms with Crippen molar-refractivity contribution in [3.8, 4) is 5.75 Å². The Balaban J connectivity index is 1.54. The second-order valence-corrected chi connectivity index (χ2v) is 5.54. The Labute approximate surface area is 129 Å². The SMILES string of the molecule is COc1ccc(CNC(=O)C2CC2c2ccccc2F)cc1. The van der Waals surface area contributed by atoms with Gasteiger partial charge < -0.3 is 10.1 Å².